The van der Waals surface area contributed by atoms with E-state index in [1.54, 1.807) is 12.1 Å². The molecule has 0 amide bonds. The molecule has 0 saturated carbocycles. The van der Waals surface area contributed by atoms with Crippen LogP contribution in [0.2, 0.25) is 0 Å². The lowest BCUT2D eigenvalue weighted by molar-refractivity contribution is -0.144. The second-order valence-electron chi connectivity index (χ2n) is 4.55. The Morgan fingerprint density at radius 3 is 3.17 bits per heavy atom. The van der Waals surface area contributed by atoms with Crippen LogP contribution >= 0.6 is 0 Å². The van der Waals surface area contributed by atoms with Crippen molar-refractivity contribution < 1.29 is 24.1 Å². The summed E-state index contributed by atoms with van der Waals surface area (Å²) < 4.78 is 16.5. The van der Waals surface area contributed by atoms with Crippen molar-refractivity contribution >= 4 is 5.97 Å². The van der Waals surface area contributed by atoms with Gasteiger partial charge in [0.05, 0.1) is 12.5 Å². The molecule has 0 bridgehead atoms. The Kier molecular flexibility index (Phi) is 2.63. The van der Waals surface area contributed by atoms with Gasteiger partial charge in [-0.15, -0.1) is 0 Å². The van der Waals surface area contributed by atoms with Crippen molar-refractivity contribution in [2.75, 3.05) is 6.61 Å². The second-order valence-corrected chi connectivity index (χ2v) is 4.55. The van der Waals surface area contributed by atoms with Crippen LogP contribution in [0.4, 0.5) is 0 Å². The zero-order valence-corrected chi connectivity index (χ0v) is 9.96. The topological polar surface area (TPSA) is 65.0 Å². The number of hydrogen-bond acceptors (Lipinski definition) is 4. The largest absolute Gasteiger partial charge is 0.479 e. The van der Waals surface area contributed by atoms with Crippen LogP contribution in [0.15, 0.2) is 18.2 Å². The number of carbonyl (C=O) groups is 1. The van der Waals surface area contributed by atoms with Crippen LogP contribution in [0.3, 0.4) is 0 Å². The predicted octanol–water partition coefficient (Wildman–Crippen LogP) is 1.76. The number of benzene rings is 1. The summed E-state index contributed by atoms with van der Waals surface area (Å²) in [7, 11) is 0. The number of rotatable bonds is 3. The average Bonchev–Trinajstić information content (AvgIpc) is 2.89. The maximum absolute atomic E-state index is 10.8. The first-order valence-corrected chi connectivity index (χ1v) is 5.97. The number of carboxylic acids is 1. The van der Waals surface area contributed by atoms with Crippen molar-refractivity contribution in [3.63, 3.8) is 0 Å². The fourth-order valence-electron chi connectivity index (χ4n) is 2.36. The lowest BCUT2D eigenvalue weighted by atomic mass is 9.98. The molecule has 5 nitrogen and oxygen atoms in total. The van der Waals surface area contributed by atoms with Gasteiger partial charge in [0.25, 0.3) is 0 Å². The summed E-state index contributed by atoms with van der Waals surface area (Å²) in [6.07, 6.45) is -0.122. The summed E-state index contributed by atoms with van der Waals surface area (Å²) in [6, 6.07) is 5.38. The van der Waals surface area contributed by atoms with E-state index < -0.39 is 12.1 Å². The predicted molar refractivity (Wildman–Crippen MR) is 61.9 cm³/mol. The molecule has 18 heavy (non-hydrogen) atoms. The molecule has 1 saturated heterocycles. The van der Waals surface area contributed by atoms with Gasteiger partial charge in [0.2, 0.25) is 6.29 Å². The number of fused-ring (bicyclic) bond motifs is 3. The summed E-state index contributed by atoms with van der Waals surface area (Å²) in [5, 5.41) is 8.82. The number of ether oxygens (including phenoxy) is 3. The van der Waals surface area contributed by atoms with Gasteiger partial charge in [0.1, 0.15) is 11.5 Å². The van der Waals surface area contributed by atoms with E-state index in [1.165, 1.54) is 6.92 Å². The SMILES string of the molecule is C[C@H](Oc1ccc2c(c1)[C@@H]1CCO[C@@H]1O2)C(=O)O. The monoisotopic (exact) mass is 250 g/mol. The minimum Gasteiger partial charge on any atom is -0.479 e. The molecule has 1 aromatic carbocycles. The minimum absolute atomic E-state index is 0.188. The second kappa shape index (κ2) is 4.17. The van der Waals surface area contributed by atoms with Crippen LogP contribution in [0, 0.1) is 0 Å². The van der Waals surface area contributed by atoms with Crippen LogP contribution in [0.5, 0.6) is 11.5 Å². The van der Waals surface area contributed by atoms with E-state index in [1.807, 2.05) is 6.07 Å². The first kappa shape index (κ1) is 11.3. The molecule has 0 aromatic heterocycles. The van der Waals surface area contributed by atoms with E-state index in [0.29, 0.717) is 12.4 Å². The summed E-state index contributed by atoms with van der Waals surface area (Å²) in [4.78, 5) is 10.8. The molecule has 1 N–H and O–H groups in total. The maximum atomic E-state index is 10.8. The lowest BCUT2D eigenvalue weighted by Gasteiger charge is -2.11. The van der Waals surface area contributed by atoms with E-state index in [-0.39, 0.29) is 12.2 Å². The third kappa shape index (κ3) is 1.80. The Bertz CT molecular complexity index is 484. The van der Waals surface area contributed by atoms with Crippen molar-refractivity contribution in [1.82, 2.24) is 0 Å². The zero-order chi connectivity index (χ0) is 12.7. The van der Waals surface area contributed by atoms with Crippen LogP contribution < -0.4 is 9.47 Å². The Hall–Kier alpha value is -1.75. The van der Waals surface area contributed by atoms with E-state index >= 15 is 0 Å². The molecular formula is C13H14O5. The van der Waals surface area contributed by atoms with E-state index in [0.717, 1.165) is 17.7 Å². The molecule has 2 heterocycles. The normalized spacial score (nSPS) is 26.1. The van der Waals surface area contributed by atoms with Crippen LogP contribution in [-0.4, -0.2) is 30.1 Å². The van der Waals surface area contributed by atoms with Gasteiger partial charge >= 0.3 is 5.97 Å². The molecule has 0 unspecified atom stereocenters. The summed E-state index contributed by atoms with van der Waals surface area (Å²) >= 11 is 0. The van der Waals surface area contributed by atoms with Gasteiger partial charge in [-0.2, -0.15) is 0 Å². The highest BCUT2D eigenvalue weighted by Crippen LogP contribution is 2.45. The van der Waals surface area contributed by atoms with E-state index in [4.69, 9.17) is 19.3 Å². The van der Waals surface area contributed by atoms with Crippen molar-refractivity contribution in [2.45, 2.75) is 31.7 Å². The van der Waals surface area contributed by atoms with Crippen molar-refractivity contribution in [3.05, 3.63) is 23.8 Å². The Morgan fingerprint density at radius 2 is 2.39 bits per heavy atom. The van der Waals surface area contributed by atoms with Gasteiger partial charge in [-0.05, 0) is 31.5 Å². The molecule has 5 heteroatoms. The Labute approximate surface area is 104 Å². The average molecular weight is 250 g/mol. The highest BCUT2D eigenvalue weighted by atomic mass is 16.7. The highest BCUT2D eigenvalue weighted by molar-refractivity contribution is 5.72. The standard InChI is InChI=1S/C13H14O5/c1-7(12(14)15)17-8-2-3-11-10(6-8)9-4-5-16-13(9)18-11/h2-3,6-7,9,13H,4-5H2,1H3,(H,14,15)/t7-,9-,13+/m0/s1. The van der Waals surface area contributed by atoms with Crippen LogP contribution in [0.1, 0.15) is 24.8 Å². The molecule has 2 aliphatic rings. The lowest BCUT2D eigenvalue weighted by Crippen LogP contribution is -2.22. The molecule has 1 fully saturated rings. The maximum Gasteiger partial charge on any atom is 0.344 e. The molecule has 0 radical (unpaired) electrons. The number of carboxylic acid groups (broad SMARTS) is 1. The summed E-state index contributed by atoms with van der Waals surface area (Å²) in [5.74, 6) is 0.623. The molecule has 0 aliphatic carbocycles. The third-order valence-corrected chi connectivity index (χ3v) is 3.32. The number of hydrogen-bond donors (Lipinski definition) is 1. The summed E-state index contributed by atoms with van der Waals surface area (Å²) in [5.41, 5.74) is 1.05. The van der Waals surface area contributed by atoms with Crippen molar-refractivity contribution in [3.8, 4) is 11.5 Å². The molecular weight excluding hydrogens is 236 g/mol. The Morgan fingerprint density at radius 1 is 1.56 bits per heavy atom. The highest BCUT2D eigenvalue weighted by Gasteiger charge is 2.39. The molecule has 2 aliphatic heterocycles. The van der Waals surface area contributed by atoms with Gasteiger partial charge in [-0.1, -0.05) is 0 Å². The molecule has 1 aromatic rings. The van der Waals surface area contributed by atoms with Crippen LogP contribution in [0.25, 0.3) is 0 Å². The van der Waals surface area contributed by atoms with Crippen molar-refractivity contribution in [2.24, 2.45) is 0 Å². The van der Waals surface area contributed by atoms with Gasteiger partial charge < -0.3 is 19.3 Å². The molecule has 96 valence electrons. The first-order chi connectivity index (χ1) is 8.65. The van der Waals surface area contributed by atoms with Gasteiger partial charge in [-0.3, -0.25) is 0 Å². The van der Waals surface area contributed by atoms with Gasteiger partial charge in [0.15, 0.2) is 6.10 Å². The first-order valence-electron chi connectivity index (χ1n) is 5.97. The molecule has 3 atom stereocenters. The Balaban J connectivity index is 1.83. The smallest absolute Gasteiger partial charge is 0.344 e. The van der Waals surface area contributed by atoms with Gasteiger partial charge in [-0.25, -0.2) is 4.79 Å². The molecule has 0 spiro atoms. The molecule has 3 rings (SSSR count). The number of aliphatic carboxylic acids is 1. The van der Waals surface area contributed by atoms with Gasteiger partial charge in [0, 0.05) is 5.56 Å². The zero-order valence-electron chi connectivity index (χ0n) is 9.96. The van der Waals surface area contributed by atoms with Crippen molar-refractivity contribution in [1.29, 1.82) is 0 Å². The summed E-state index contributed by atoms with van der Waals surface area (Å²) in [6.45, 7) is 2.21. The van der Waals surface area contributed by atoms with Crippen LogP contribution in [-0.2, 0) is 9.53 Å². The third-order valence-electron chi connectivity index (χ3n) is 3.32. The minimum atomic E-state index is -0.978. The van der Waals surface area contributed by atoms with E-state index in [9.17, 15) is 4.79 Å². The fourth-order valence-corrected chi connectivity index (χ4v) is 2.36. The van der Waals surface area contributed by atoms with E-state index in [2.05, 4.69) is 0 Å². The fraction of sp³-hybridized carbons (Fsp3) is 0.462. The quantitative estimate of drug-likeness (QED) is 0.885.